The molecule has 0 radical (unpaired) electrons. The Morgan fingerprint density at radius 2 is 2.00 bits per heavy atom. The Morgan fingerprint density at radius 1 is 1.28 bits per heavy atom. The Morgan fingerprint density at radius 3 is 2.62 bits per heavy atom. The molecule has 1 saturated carbocycles. The van der Waals surface area contributed by atoms with Crippen molar-refractivity contribution >= 4 is 11.9 Å². The molecule has 0 spiro atoms. The van der Waals surface area contributed by atoms with Crippen LogP contribution in [0.25, 0.3) is 0 Å². The van der Waals surface area contributed by atoms with Crippen molar-refractivity contribution in [2.45, 2.75) is 82.9 Å². The minimum absolute atomic E-state index is 0.0193. The summed E-state index contributed by atoms with van der Waals surface area (Å²) in [6, 6.07) is 0. The van der Waals surface area contributed by atoms with Gasteiger partial charge in [0.05, 0.1) is 19.3 Å². The van der Waals surface area contributed by atoms with Crippen LogP contribution in [0.5, 0.6) is 0 Å². The third kappa shape index (κ3) is 8.17. The molecule has 0 bridgehead atoms. The second-order valence-electron chi connectivity index (χ2n) is 7.83. The second kappa shape index (κ2) is 12.6. The number of alkyl halides is 1. The van der Waals surface area contributed by atoms with E-state index < -0.39 is 23.7 Å². The van der Waals surface area contributed by atoms with Crippen LogP contribution in [0.3, 0.4) is 0 Å². The molecule has 0 aromatic heterocycles. The summed E-state index contributed by atoms with van der Waals surface area (Å²) in [6.45, 7) is 2.00. The van der Waals surface area contributed by atoms with E-state index in [0.717, 1.165) is 12.8 Å². The van der Waals surface area contributed by atoms with E-state index in [9.17, 15) is 29.3 Å². The number of aliphatic hydroxyl groups is 2. The first-order chi connectivity index (χ1) is 13.7. The Bertz CT molecular complexity index is 588. The third-order valence-electron chi connectivity index (χ3n) is 5.72. The second-order valence-corrected chi connectivity index (χ2v) is 7.83. The van der Waals surface area contributed by atoms with Gasteiger partial charge in [0.15, 0.2) is 5.60 Å². The predicted molar refractivity (Wildman–Crippen MR) is 108 cm³/mol. The van der Waals surface area contributed by atoms with Crippen LogP contribution in [0.1, 0.15) is 71.1 Å². The fourth-order valence-electron chi connectivity index (χ4n) is 3.81. The van der Waals surface area contributed by atoms with Gasteiger partial charge >= 0.3 is 11.9 Å². The molecule has 0 aliphatic heterocycles. The Labute approximate surface area is 172 Å². The number of carboxylic acids is 1. The number of hydrogen-bond donors (Lipinski definition) is 3. The zero-order chi connectivity index (χ0) is 21.9. The van der Waals surface area contributed by atoms with Crippen LogP contribution in [0.15, 0.2) is 24.0 Å². The van der Waals surface area contributed by atoms with Gasteiger partial charge in [0.1, 0.15) is 6.17 Å². The SMILES string of the molecule is CCCCC(F)C/C=C(/O)[C@@H]1CC[C@@H]([C@](O)(CCC=CCC(=O)OC)C(=O)O)C1. The highest BCUT2D eigenvalue weighted by Crippen LogP contribution is 2.42. The van der Waals surface area contributed by atoms with Crippen LogP contribution in [0, 0.1) is 11.8 Å². The van der Waals surface area contributed by atoms with Crippen molar-refractivity contribution in [2.24, 2.45) is 11.8 Å². The van der Waals surface area contributed by atoms with Crippen molar-refractivity contribution < 1.29 is 34.0 Å². The summed E-state index contributed by atoms with van der Waals surface area (Å²) in [6.07, 6.45) is 7.93. The summed E-state index contributed by atoms with van der Waals surface area (Å²) in [4.78, 5) is 22.8. The van der Waals surface area contributed by atoms with Crippen molar-refractivity contribution in [3.63, 3.8) is 0 Å². The molecule has 3 N–H and O–H groups in total. The van der Waals surface area contributed by atoms with Crippen molar-refractivity contribution in [2.75, 3.05) is 7.11 Å². The molecule has 7 heteroatoms. The van der Waals surface area contributed by atoms with Crippen molar-refractivity contribution in [3.8, 4) is 0 Å². The maximum Gasteiger partial charge on any atom is 0.335 e. The molecule has 0 aromatic carbocycles. The average Bonchev–Trinajstić information content (AvgIpc) is 3.20. The van der Waals surface area contributed by atoms with E-state index in [2.05, 4.69) is 4.74 Å². The van der Waals surface area contributed by atoms with Crippen LogP contribution >= 0.6 is 0 Å². The molecule has 0 heterocycles. The molecule has 0 aromatic rings. The Balaban J connectivity index is 2.61. The highest BCUT2D eigenvalue weighted by atomic mass is 19.1. The van der Waals surface area contributed by atoms with Crippen LogP contribution < -0.4 is 0 Å². The molecular weight excluding hydrogens is 379 g/mol. The van der Waals surface area contributed by atoms with Gasteiger partial charge in [-0.15, -0.1) is 0 Å². The monoisotopic (exact) mass is 414 g/mol. The summed E-state index contributed by atoms with van der Waals surface area (Å²) < 4.78 is 18.3. The maximum atomic E-state index is 13.8. The fourth-order valence-corrected chi connectivity index (χ4v) is 3.81. The minimum Gasteiger partial charge on any atom is -0.512 e. The molecule has 166 valence electrons. The van der Waals surface area contributed by atoms with Crippen molar-refractivity contribution in [1.82, 2.24) is 0 Å². The van der Waals surface area contributed by atoms with Gasteiger partial charge in [0, 0.05) is 12.3 Å². The summed E-state index contributed by atoms with van der Waals surface area (Å²) >= 11 is 0. The highest BCUT2D eigenvalue weighted by Gasteiger charge is 2.47. The lowest BCUT2D eigenvalue weighted by molar-refractivity contribution is -0.165. The summed E-state index contributed by atoms with van der Waals surface area (Å²) in [5.41, 5.74) is -1.89. The summed E-state index contributed by atoms with van der Waals surface area (Å²) in [5, 5.41) is 30.6. The van der Waals surface area contributed by atoms with E-state index >= 15 is 0 Å². The van der Waals surface area contributed by atoms with Crippen LogP contribution in [0.2, 0.25) is 0 Å². The minimum atomic E-state index is -1.89. The number of halogens is 1. The molecule has 0 amide bonds. The van der Waals surface area contributed by atoms with Crippen LogP contribution in [-0.2, 0) is 14.3 Å². The summed E-state index contributed by atoms with van der Waals surface area (Å²) in [7, 11) is 1.29. The first-order valence-electron chi connectivity index (χ1n) is 10.4. The molecule has 4 atom stereocenters. The number of ether oxygens (including phenoxy) is 1. The van der Waals surface area contributed by atoms with Gasteiger partial charge in [-0.25, -0.2) is 9.18 Å². The highest BCUT2D eigenvalue weighted by molar-refractivity contribution is 5.77. The van der Waals surface area contributed by atoms with Gasteiger partial charge < -0.3 is 20.1 Å². The zero-order valence-electron chi connectivity index (χ0n) is 17.5. The lowest BCUT2D eigenvalue weighted by atomic mass is 9.81. The molecule has 1 aliphatic rings. The van der Waals surface area contributed by atoms with Crippen molar-refractivity contribution in [1.29, 1.82) is 0 Å². The van der Waals surface area contributed by atoms with E-state index in [1.165, 1.54) is 13.2 Å². The molecule has 29 heavy (non-hydrogen) atoms. The van der Waals surface area contributed by atoms with Gasteiger partial charge in [-0.1, -0.05) is 31.9 Å². The van der Waals surface area contributed by atoms with Gasteiger partial charge in [-0.2, -0.15) is 0 Å². The standard InChI is InChI=1S/C22H35FO6/c1-3-4-8-18(23)12-13-19(24)16-10-11-17(15-16)22(28,21(26)27)14-7-5-6-9-20(25)29-2/h5-6,13,16-18,24,28H,3-4,7-12,14-15H2,1-2H3,(H,26,27)/b6-5?,19-13+/t16-,17-,18?,22-/m1/s1. The van der Waals surface area contributed by atoms with Gasteiger partial charge in [-0.3, -0.25) is 4.79 Å². The molecule has 1 fully saturated rings. The number of carbonyl (C=O) groups is 2. The van der Waals surface area contributed by atoms with Gasteiger partial charge in [0.25, 0.3) is 0 Å². The molecule has 0 saturated heterocycles. The molecule has 1 unspecified atom stereocenters. The predicted octanol–water partition coefficient (Wildman–Crippen LogP) is 4.48. The van der Waals surface area contributed by atoms with E-state index in [1.54, 1.807) is 12.2 Å². The lowest BCUT2D eigenvalue weighted by Gasteiger charge is -2.29. The average molecular weight is 415 g/mol. The normalized spacial score (nSPS) is 23.1. The zero-order valence-corrected chi connectivity index (χ0v) is 17.5. The number of carbonyl (C=O) groups excluding carboxylic acids is 1. The molecule has 1 aliphatic carbocycles. The maximum absolute atomic E-state index is 13.8. The largest absolute Gasteiger partial charge is 0.512 e. The van der Waals surface area contributed by atoms with E-state index in [0.29, 0.717) is 32.1 Å². The Hall–Kier alpha value is -1.89. The summed E-state index contributed by atoms with van der Waals surface area (Å²) in [5.74, 6) is -2.32. The molecule has 1 rings (SSSR count). The van der Waals surface area contributed by atoms with E-state index in [-0.39, 0.29) is 36.9 Å². The molecule has 6 nitrogen and oxygen atoms in total. The molecular formula is C22H35FO6. The number of methoxy groups -OCH3 is 1. The number of hydrogen-bond acceptors (Lipinski definition) is 5. The Kier molecular flexibility index (Phi) is 10.9. The first-order valence-corrected chi connectivity index (χ1v) is 10.4. The van der Waals surface area contributed by atoms with Crippen LogP contribution in [0.4, 0.5) is 4.39 Å². The van der Waals surface area contributed by atoms with E-state index in [1.807, 2.05) is 6.92 Å². The van der Waals surface area contributed by atoms with Gasteiger partial charge in [-0.05, 0) is 50.5 Å². The number of carboxylic acid groups (broad SMARTS) is 1. The first kappa shape index (κ1) is 25.1. The fraction of sp³-hybridized carbons (Fsp3) is 0.727. The van der Waals surface area contributed by atoms with Crippen molar-refractivity contribution in [3.05, 3.63) is 24.0 Å². The number of aliphatic hydroxyl groups excluding tert-OH is 1. The topological polar surface area (TPSA) is 104 Å². The van der Waals surface area contributed by atoms with Gasteiger partial charge in [0.2, 0.25) is 0 Å². The van der Waals surface area contributed by atoms with E-state index in [4.69, 9.17) is 0 Å². The van der Waals surface area contributed by atoms with Crippen LogP contribution in [-0.4, -0.2) is 46.1 Å². The number of rotatable bonds is 13. The quantitative estimate of drug-likeness (QED) is 0.233. The number of allylic oxidation sites excluding steroid dienone is 3. The number of unbranched alkanes of at least 4 members (excludes halogenated alkanes) is 1. The number of aliphatic carboxylic acids is 1. The smallest absolute Gasteiger partial charge is 0.335 e. The number of esters is 1. The lowest BCUT2D eigenvalue weighted by Crippen LogP contribution is -2.45. The third-order valence-corrected chi connectivity index (χ3v) is 5.72.